The fraction of sp³-hybridized carbons (Fsp3) is 0.0909. The Morgan fingerprint density at radius 3 is 2.13 bits per heavy atom. The Labute approximate surface area is 136 Å². The molecule has 0 spiro atoms. The van der Waals surface area contributed by atoms with E-state index in [-0.39, 0.29) is 0 Å². The second-order valence-corrected chi connectivity index (χ2v) is 5.83. The normalized spacial score (nSPS) is 11.0. The molecule has 0 aromatic heterocycles. The summed E-state index contributed by atoms with van der Waals surface area (Å²) in [4.78, 5) is 0. The lowest BCUT2D eigenvalue weighted by molar-refractivity contribution is 0.412. The van der Waals surface area contributed by atoms with Gasteiger partial charge in [-0.1, -0.05) is 66.7 Å². The predicted molar refractivity (Wildman–Crippen MR) is 98.2 cm³/mol. The van der Waals surface area contributed by atoms with Crippen LogP contribution >= 0.6 is 0 Å². The maximum absolute atomic E-state index is 5.63. The number of methoxy groups -OCH3 is 1. The molecule has 112 valence electrons. The second kappa shape index (κ2) is 5.44. The molecule has 1 nitrogen and oxygen atoms in total. The van der Waals surface area contributed by atoms with E-state index in [0.29, 0.717) is 0 Å². The third-order valence-corrected chi connectivity index (χ3v) is 4.54. The van der Waals surface area contributed by atoms with E-state index < -0.39 is 0 Å². The number of ether oxygens (including phenoxy) is 1. The highest BCUT2D eigenvalue weighted by Crippen LogP contribution is 2.40. The highest BCUT2D eigenvalue weighted by atomic mass is 16.5. The van der Waals surface area contributed by atoms with Crippen LogP contribution < -0.4 is 4.74 Å². The van der Waals surface area contributed by atoms with Gasteiger partial charge in [-0.25, -0.2) is 0 Å². The molecule has 1 heteroatoms. The van der Waals surface area contributed by atoms with E-state index in [1.807, 2.05) is 0 Å². The Hall–Kier alpha value is -2.80. The van der Waals surface area contributed by atoms with Crippen molar-refractivity contribution < 1.29 is 4.74 Å². The SMILES string of the molecule is COc1cc2ccccc2c(-c2cccc3ccccc23)c1C. The van der Waals surface area contributed by atoms with Crippen molar-refractivity contribution in [2.24, 2.45) is 0 Å². The van der Waals surface area contributed by atoms with Crippen molar-refractivity contribution in [3.63, 3.8) is 0 Å². The highest BCUT2D eigenvalue weighted by molar-refractivity contribution is 6.07. The summed E-state index contributed by atoms with van der Waals surface area (Å²) in [5, 5.41) is 5.01. The minimum absolute atomic E-state index is 0.937. The molecule has 4 aromatic rings. The van der Waals surface area contributed by atoms with Gasteiger partial charge in [-0.3, -0.25) is 0 Å². The van der Waals surface area contributed by atoms with Gasteiger partial charge in [-0.2, -0.15) is 0 Å². The van der Waals surface area contributed by atoms with Gasteiger partial charge in [-0.05, 0) is 51.2 Å². The Balaban J connectivity index is 2.18. The quantitative estimate of drug-likeness (QED) is 0.442. The topological polar surface area (TPSA) is 9.23 Å². The van der Waals surface area contributed by atoms with Gasteiger partial charge in [0.25, 0.3) is 0 Å². The first kappa shape index (κ1) is 13.8. The molecular formula is C22H18O. The van der Waals surface area contributed by atoms with Gasteiger partial charge in [0.2, 0.25) is 0 Å². The third-order valence-electron chi connectivity index (χ3n) is 4.54. The van der Waals surface area contributed by atoms with Crippen LogP contribution in [0.15, 0.2) is 72.8 Å². The van der Waals surface area contributed by atoms with E-state index in [4.69, 9.17) is 4.74 Å². The first-order valence-electron chi connectivity index (χ1n) is 7.84. The van der Waals surface area contributed by atoms with Crippen molar-refractivity contribution in [2.75, 3.05) is 7.11 Å². The molecule has 0 fully saturated rings. The van der Waals surface area contributed by atoms with Crippen LogP contribution in [0.25, 0.3) is 32.7 Å². The van der Waals surface area contributed by atoms with Crippen LogP contribution in [0, 0.1) is 6.92 Å². The first-order valence-corrected chi connectivity index (χ1v) is 7.84. The number of fused-ring (bicyclic) bond motifs is 2. The molecule has 0 bridgehead atoms. The molecule has 0 saturated heterocycles. The summed E-state index contributed by atoms with van der Waals surface area (Å²) >= 11 is 0. The summed E-state index contributed by atoms with van der Waals surface area (Å²) in [6.07, 6.45) is 0. The minimum atomic E-state index is 0.937. The van der Waals surface area contributed by atoms with Crippen LogP contribution in [0.1, 0.15) is 5.56 Å². The van der Waals surface area contributed by atoms with E-state index in [1.165, 1.54) is 38.2 Å². The largest absolute Gasteiger partial charge is 0.496 e. The lowest BCUT2D eigenvalue weighted by Crippen LogP contribution is -1.93. The van der Waals surface area contributed by atoms with Crippen molar-refractivity contribution in [1.82, 2.24) is 0 Å². The Morgan fingerprint density at radius 1 is 0.696 bits per heavy atom. The molecule has 4 rings (SSSR count). The van der Waals surface area contributed by atoms with E-state index in [9.17, 15) is 0 Å². The van der Waals surface area contributed by atoms with Crippen LogP contribution in [0.5, 0.6) is 5.75 Å². The standard InChI is InChI=1S/C22H18O/c1-15-21(23-2)14-17-9-4-6-12-19(17)22(15)20-13-7-10-16-8-3-5-11-18(16)20/h3-14H,1-2H3. The zero-order chi connectivity index (χ0) is 15.8. The second-order valence-electron chi connectivity index (χ2n) is 5.83. The summed E-state index contributed by atoms with van der Waals surface area (Å²) in [7, 11) is 1.74. The fourth-order valence-electron chi connectivity index (χ4n) is 3.43. The van der Waals surface area contributed by atoms with Crippen LogP contribution in [-0.2, 0) is 0 Å². The van der Waals surface area contributed by atoms with Crippen molar-refractivity contribution in [3.05, 3.63) is 78.4 Å². The molecule has 23 heavy (non-hydrogen) atoms. The zero-order valence-electron chi connectivity index (χ0n) is 13.3. The summed E-state index contributed by atoms with van der Waals surface area (Å²) in [6.45, 7) is 2.14. The van der Waals surface area contributed by atoms with E-state index in [1.54, 1.807) is 7.11 Å². The van der Waals surface area contributed by atoms with Gasteiger partial charge in [0, 0.05) is 0 Å². The molecule has 0 atom stereocenters. The number of hydrogen-bond donors (Lipinski definition) is 0. The van der Waals surface area contributed by atoms with Crippen LogP contribution in [-0.4, -0.2) is 7.11 Å². The van der Waals surface area contributed by atoms with Crippen molar-refractivity contribution in [1.29, 1.82) is 0 Å². The molecule has 0 unspecified atom stereocenters. The van der Waals surface area contributed by atoms with Crippen molar-refractivity contribution >= 4 is 21.5 Å². The van der Waals surface area contributed by atoms with Gasteiger partial charge >= 0.3 is 0 Å². The molecule has 0 aliphatic rings. The van der Waals surface area contributed by atoms with Crippen molar-refractivity contribution in [3.8, 4) is 16.9 Å². The zero-order valence-corrected chi connectivity index (χ0v) is 13.3. The maximum atomic E-state index is 5.63. The van der Waals surface area contributed by atoms with Gasteiger partial charge in [0.15, 0.2) is 0 Å². The molecule has 0 aliphatic heterocycles. The maximum Gasteiger partial charge on any atom is 0.123 e. The molecule has 0 amide bonds. The summed E-state index contributed by atoms with van der Waals surface area (Å²) < 4.78 is 5.63. The average Bonchev–Trinajstić information content (AvgIpc) is 2.61. The lowest BCUT2D eigenvalue weighted by Gasteiger charge is -2.16. The van der Waals surface area contributed by atoms with E-state index in [2.05, 4.69) is 79.7 Å². The van der Waals surface area contributed by atoms with E-state index in [0.717, 1.165) is 5.75 Å². The number of benzene rings is 4. The lowest BCUT2D eigenvalue weighted by atomic mass is 9.90. The number of hydrogen-bond acceptors (Lipinski definition) is 1. The van der Waals surface area contributed by atoms with Gasteiger partial charge in [-0.15, -0.1) is 0 Å². The van der Waals surface area contributed by atoms with Crippen LogP contribution in [0.2, 0.25) is 0 Å². The predicted octanol–water partition coefficient (Wildman–Crippen LogP) is 5.98. The average molecular weight is 298 g/mol. The Bertz CT molecular complexity index is 1010. The fourth-order valence-corrected chi connectivity index (χ4v) is 3.43. The highest BCUT2D eigenvalue weighted by Gasteiger charge is 2.14. The summed E-state index contributed by atoms with van der Waals surface area (Å²) in [5.74, 6) is 0.937. The molecule has 0 radical (unpaired) electrons. The van der Waals surface area contributed by atoms with Crippen LogP contribution in [0.4, 0.5) is 0 Å². The Morgan fingerprint density at radius 2 is 1.35 bits per heavy atom. The third kappa shape index (κ3) is 2.17. The molecular weight excluding hydrogens is 280 g/mol. The molecule has 0 heterocycles. The van der Waals surface area contributed by atoms with Crippen LogP contribution in [0.3, 0.4) is 0 Å². The molecule has 0 saturated carbocycles. The molecule has 4 aromatic carbocycles. The Kier molecular flexibility index (Phi) is 3.27. The summed E-state index contributed by atoms with van der Waals surface area (Å²) in [6, 6.07) is 25.7. The molecule has 0 N–H and O–H groups in total. The minimum Gasteiger partial charge on any atom is -0.496 e. The van der Waals surface area contributed by atoms with Crippen molar-refractivity contribution in [2.45, 2.75) is 6.92 Å². The first-order chi connectivity index (χ1) is 11.3. The summed E-state index contributed by atoms with van der Waals surface area (Å²) in [5.41, 5.74) is 3.70. The van der Waals surface area contributed by atoms with Gasteiger partial charge in [0.1, 0.15) is 5.75 Å². The van der Waals surface area contributed by atoms with Gasteiger partial charge in [0.05, 0.1) is 7.11 Å². The number of rotatable bonds is 2. The molecule has 0 aliphatic carbocycles. The van der Waals surface area contributed by atoms with E-state index >= 15 is 0 Å². The van der Waals surface area contributed by atoms with Gasteiger partial charge < -0.3 is 4.74 Å². The smallest absolute Gasteiger partial charge is 0.123 e. The monoisotopic (exact) mass is 298 g/mol.